The second-order valence-corrected chi connectivity index (χ2v) is 7.50. The minimum absolute atomic E-state index is 0.0263. The Hall–Kier alpha value is -1.60. The lowest BCUT2D eigenvalue weighted by atomic mass is 10.3. The van der Waals surface area contributed by atoms with Crippen molar-refractivity contribution in [2.24, 2.45) is 0 Å². The highest BCUT2D eigenvalue weighted by Gasteiger charge is 2.19. The number of nitrogens with one attached hydrogen (secondary N) is 1. The zero-order valence-electron chi connectivity index (χ0n) is 13.4. The van der Waals surface area contributed by atoms with Crippen LogP contribution in [0.25, 0.3) is 0 Å². The molecular weight excluding hydrogens is 302 g/mol. The number of hydrogen-bond donors (Lipinski definition) is 1. The quantitative estimate of drug-likeness (QED) is 0.685. The highest BCUT2D eigenvalue weighted by Crippen LogP contribution is 2.15. The van der Waals surface area contributed by atoms with E-state index in [1.807, 2.05) is 25.1 Å². The van der Waals surface area contributed by atoms with Gasteiger partial charge in [-0.2, -0.15) is 0 Å². The molecule has 0 aromatic heterocycles. The molecule has 0 atom stereocenters. The Morgan fingerprint density at radius 1 is 1.14 bits per heavy atom. The van der Waals surface area contributed by atoms with Crippen molar-refractivity contribution in [2.75, 3.05) is 44.3 Å². The Labute approximate surface area is 133 Å². The Morgan fingerprint density at radius 3 is 2.36 bits per heavy atom. The predicted molar refractivity (Wildman–Crippen MR) is 89.4 cm³/mol. The fraction of sp³-hybridized carbons (Fsp3) is 0.533. The minimum atomic E-state index is -3.49. The van der Waals surface area contributed by atoms with Crippen LogP contribution in [0.1, 0.15) is 12.8 Å². The van der Waals surface area contributed by atoms with Crippen LogP contribution in [-0.2, 0) is 14.8 Å². The summed E-state index contributed by atoms with van der Waals surface area (Å²) in [7, 11) is 1.94. The van der Waals surface area contributed by atoms with Crippen molar-refractivity contribution >= 4 is 21.6 Å². The predicted octanol–water partition coefficient (Wildman–Crippen LogP) is 0.911. The Morgan fingerprint density at radius 2 is 1.77 bits per heavy atom. The number of amides is 1. The Balaban J connectivity index is 2.40. The number of nitrogens with zero attached hydrogens (tertiary/aromatic N) is 2. The van der Waals surface area contributed by atoms with Gasteiger partial charge in [-0.05, 0) is 39.2 Å². The van der Waals surface area contributed by atoms with Gasteiger partial charge in [0.15, 0.2) is 0 Å². The molecule has 124 valence electrons. The minimum Gasteiger partial charge on any atom is -0.356 e. The van der Waals surface area contributed by atoms with Gasteiger partial charge in [0, 0.05) is 20.0 Å². The monoisotopic (exact) mass is 327 g/mol. The van der Waals surface area contributed by atoms with Crippen LogP contribution in [0.3, 0.4) is 0 Å². The second kappa shape index (κ2) is 8.75. The van der Waals surface area contributed by atoms with Gasteiger partial charge in [0.05, 0.1) is 11.4 Å². The summed E-state index contributed by atoms with van der Waals surface area (Å²) >= 11 is 0. The molecule has 22 heavy (non-hydrogen) atoms. The molecule has 1 N–H and O–H groups in total. The molecule has 0 aliphatic rings. The average molecular weight is 327 g/mol. The number of hydrogen-bond acceptors (Lipinski definition) is 4. The summed E-state index contributed by atoms with van der Waals surface area (Å²) in [6, 6.07) is 8.82. The first-order chi connectivity index (χ1) is 10.3. The number of para-hydroxylation sites is 1. The van der Waals surface area contributed by atoms with E-state index in [0.717, 1.165) is 13.0 Å². The summed E-state index contributed by atoms with van der Waals surface area (Å²) in [5.41, 5.74) is 0.592. The summed E-state index contributed by atoms with van der Waals surface area (Å²) < 4.78 is 25.6. The first-order valence-electron chi connectivity index (χ1n) is 7.26. The maximum Gasteiger partial charge on any atom is 0.235 e. The Bertz CT molecular complexity index is 559. The third-order valence-corrected chi connectivity index (χ3v) is 4.99. The van der Waals surface area contributed by atoms with Crippen LogP contribution in [0, 0.1) is 0 Å². The van der Waals surface area contributed by atoms with Crippen LogP contribution >= 0.6 is 0 Å². The van der Waals surface area contributed by atoms with E-state index in [2.05, 4.69) is 5.32 Å². The van der Waals surface area contributed by atoms with E-state index in [9.17, 15) is 13.2 Å². The van der Waals surface area contributed by atoms with Gasteiger partial charge >= 0.3 is 0 Å². The topological polar surface area (TPSA) is 69.7 Å². The number of rotatable bonds is 9. The van der Waals surface area contributed by atoms with Crippen molar-refractivity contribution in [3.05, 3.63) is 30.3 Å². The third-order valence-electron chi connectivity index (χ3n) is 3.23. The van der Waals surface area contributed by atoms with Crippen LogP contribution < -0.4 is 9.62 Å². The molecule has 0 heterocycles. The highest BCUT2D eigenvalue weighted by molar-refractivity contribution is 7.92. The zero-order valence-corrected chi connectivity index (χ0v) is 14.3. The molecule has 0 radical (unpaired) electrons. The number of carbonyl (C=O) groups excluding carboxylic acids is 1. The van der Waals surface area contributed by atoms with Crippen molar-refractivity contribution in [3.63, 3.8) is 0 Å². The van der Waals surface area contributed by atoms with Gasteiger partial charge in [-0.1, -0.05) is 18.2 Å². The summed E-state index contributed by atoms with van der Waals surface area (Å²) in [6.07, 6.45) is 0.816. The molecule has 0 fully saturated rings. The molecule has 0 saturated carbocycles. The third kappa shape index (κ3) is 6.44. The summed E-state index contributed by atoms with van der Waals surface area (Å²) in [6.45, 7) is 1.45. The summed E-state index contributed by atoms with van der Waals surface area (Å²) in [5.74, 6) is -0.429. The van der Waals surface area contributed by atoms with Crippen molar-refractivity contribution < 1.29 is 13.2 Å². The van der Waals surface area contributed by atoms with E-state index in [-0.39, 0.29) is 18.1 Å². The summed E-state index contributed by atoms with van der Waals surface area (Å²) in [4.78, 5) is 13.7. The van der Waals surface area contributed by atoms with Gasteiger partial charge in [-0.15, -0.1) is 0 Å². The second-order valence-electron chi connectivity index (χ2n) is 5.38. The van der Waals surface area contributed by atoms with Crippen LogP contribution in [-0.4, -0.2) is 59.2 Å². The van der Waals surface area contributed by atoms with Crippen LogP contribution in [0.5, 0.6) is 0 Å². The molecule has 1 aromatic rings. The average Bonchev–Trinajstić information content (AvgIpc) is 2.49. The summed E-state index contributed by atoms with van der Waals surface area (Å²) in [5, 5.41) is 2.74. The largest absolute Gasteiger partial charge is 0.356 e. The van der Waals surface area contributed by atoms with Crippen molar-refractivity contribution in [2.45, 2.75) is 12.8 Å². The molecule has 0 saturated heterocycles. The van der Waals surface area contributed by atoms with Gasteiger partial charge < -0.3 is 10.2 Å². The molecule has 0 bridgehead atoms. The molecule has 0 spiro atoms. The SMILES string of the molecule is CN(C)CCCNC(=O)CCS(=O)(=O)N(C)c1ccccc1. The molecule has 0 aliphatic carbocycles. The first kappa shape index (κ1) is 18.4. The maximum absolute atomic E-state index is 12.2. The van der Waals surface area contributed by atoms with E-state index in [0.29, 0.717) is 12.2 Å². The van der Waals surface area contributed by atoms with E-state index in [1.54, 1.807) is 24.3 Å². The molecule has 1 rings (SSSR count). The van der Waals surface area contributed by atoms with Crippen LogP contribution in [0.2, 0.25) is 0 Å². The van der Waals surface area contributed by atoms with Crippen molar-refractivity contribution in [1.82, 2.24) is 10.2 Å². The van der Waals surface area contributed by atoms with Crippen molar-refractivity contribution in [3.8, 4) is 0 Å². The lowest BCUT2D eigenvalue weighted by molar-refractivity contribution is -0.120. The molecule has 7 heteroatoms. The van der Waals surface area contributed by atoms with Crippen LogP contribution in [0.15, 0.2) is 30.3 Å². The lowest BCUT2D eigenvalue weighted by Gasteiger charge is -2.19. The number of anilines is 1. The van der Waals surface area contributed by atoms with E-state index >= 15 is 0 Å². The van der Waals surface area contributed by atoms with E-state index in [4.69, 9.17) is 0 Å². The maximum atomic E-state index is 12.2. The van der Waals surface area contributed by atoms with Crippen LogP contribution in [0.4, 0.5) is 5.69 Å². The van der Waals surface area contributed by atoms with Gasteiger partial charge in [-0.25, -0.2) is 8.42 Å². The molecule has 0 aliphatic heterocycles. The van der Waals surface area contributed by atoms with Gasteiger partial charge in [0.25, 0.3) is 0 Å². The first-order valence-corrected chi connectivity index (χ1v) is 8.87. The normalized spacial score (nSPS) is 11.5. The highest BCUT2D eigenvalue weighted by atomic mass is 32.2. The number of benzene rings is 1. The molecule has 0 unspecified atom stereocenters. The molecule has 1 amide bonds. The van der Waals surface area contributed by atoms with E-state index < -0.39 is 10.0 Å². The number of sulfonamides is 1. The van der Waals surface area contributed by atoms with Gasteiger partial charge in [-0.3, -0.25) is 9.10 Å². The van der Waals surface area contributed by atoms with E-state index in [1.165, 1.54) is 11.4 Å². The smallest absolute Gasteiger partial charge is 0.235 e. The molecule has 6 nitrogen and oxygen atoms in total. The van der Waals surface area contributed by atoms with Crippen molar-refractivity contribution in [1.29, 1.82) is 0 Å². The lowest BCUT2D eigenvalue weighted by Crippen LogP contribution is -2.33. The molecular formula is C15H25N3O3S. The molecule has 1 aromatic carbocycles. The fourth-order valence-electron chi connectivity index (χ4n) is 1.87. The fourth-order valence-corrected chi connectivity index (χ4v) is 3.03. The van der Waals surface area contributed by atoms with Gasteiger partial charge in [0.1, 0.15) is 0 Å². The zero-order chi connectivity index (χ0) is 16.6. The number of carbonyl (C=O) groups is 1. The van der Waals surface area contributed by atoms with Gasteiger partial charge in [0.2, 0.25) is 15.9 Å². The standard InChI is InChI=1S/C15H25N3O3S/c1-17(2)12-7-11-16-15(19)10-13-22(20,21)18(3)14-8-5-4-6-9-14/h4-6,8-9H,7,10-13H2,1-3H3,(H,16,19). The Kier molecular flexibility index (Phi) is 7.34.